The van der Waals surface area contributed by atoms with Crippen molar-refractivity contribution in [1.82, 2.24) is 24.9 Å². The van der Waals surface area contributed by atoms with Gasteiger partial charge in [-0.25, -0.2) is 0 Å². The van der Waals surface area contributed by atoms with E-state index in [1.807, 2.05) is 4.90 Å². The number of piperazine rings is 2. The quantitative estimate of drug-likeness (QED) is 0.499. The van der Waals surface area contributed by atoms with Crippen molar-refractivity contribution >= 4 is 11.9 Å². The summed E-state index contributed by atoms with van der Waals surface area (Å²) in [6.45, 7) is 15.7. The molecule has 2 atom stereocenters. The molecule has 3 fully saturated rings. The third-order valence-electron chi connectivity index (χ3n) is 6.15. The van der Waals surface area contributed by atoms with Gasteiger partial charge in [0.15, 0.2) is 5.96 Å². The molecule has 0 spiro atoms. The van der Waals surface area contributed by atoms with Crippen LogP contribution in [0.4, 0.5) is 0 Å². The van der Waals surface area contributed by atoms with E-state index in [0.717, 1.165) is 97.4 Å². The molecule has 0 saturated carbocycles. The van der Waals surface area contributed by atoms with Crippen molar-refractivity contribution in [3.63, 3.8) is 0 Å². The van der Waals surface area contributed by atoms with E-state index in [0.29, 0.717) is 5.92 Å². The van der Waals surface area contributed by atoms with Crippen molar-refractivity contribution < 1.29 is 9.53 Å². The molecule has 8 nitrogen and oxygen atoms in total. The third-order valence-corrected chi connectivity index (χ3v) is 6.15. The fraction of sp³-hybridized carbons (Fsp3) is 0.905. The molecule has 0 aromatic carbocycles. The first-order chi connectivity index (χ1) is 14.1. The topological polar surface area (TPSA) is 63.7 Å². The number of guanidine groups is 1. The molecule has 0 bridgehead atoms. The summed E-state index contributed by atoms with van der Waals surface area (Å²) < 4.78 is 5.57. The monoisotopic (exact) mass is 408 g/mol. The molecule has 0 aliphatic carbocycles. The molecule has 8 heteroatoms. The van der Waals surface area contributed by atoms with Gasteiger partial charge in [0.05, 0.1) is 0 Å². The molecule has 0 aromatic heterocycles. The summed E-state index contributed by atoms with van der Waals surface area (Å²) >= 11 is 0. The van der Waals surface area contributed by atoms with Crippen LogP contribution >= 0.6 is 0 Å². The number of hydrogen-bond acceptors (Lipinski definition) is 5. The van der Waals surface area contributed by atoms with E-state index >= 15 is 0 Å². The van der Waals surface area contributed by atoms with Gasteiger partial charge in [-0.05, 0) is 32.7 Å². The van der Waals surface area contributed by atoms with Crippen LogP contribution in [0.3, 0.4) is 0 Å². The molecular formula is C21H40N6O2. The number of nitrogens with zero attached hydrogens (tertiary/aromatic N) is 5. The molecule has 3 saturated heterocycles. The van der Waals surface area contributed by atoms with E-state index in [9.17, 15) is 4.79 Å². The Labute approximate surface area is 176 Å². The maximum absolute atomic E-state index is 12.6. The molecule has 0 aromatic rings. The second kappa shape index (κ2) is 11.1. The Bertz CT molecular complexity index is 535. The molecule has 3 aliphatic rings. The Hall–Kier alpha value is -1.38. The number of carbonyl (C=O) groups excluding carboxylic acids is 1. The number of aliphatic imine (C=N–C) groups is 1. The highest BCUT2D eigenvalue weighted by molar-refractivity contribution is 5.82. The van der Waals surface area contributed by atoms with E-state index in [1.165, 1.54) is 0 Å². The predicted molar refractivity (Wildman–Crippen MR) is 116 cm³/mol. The van der Waals surface area contributed by atoms with Gasteiger partial charge >= 0.3 is 0 Å². The fourth-order valence-corrected chi connectivity index (χ4v) is 4.31. The Kier molecular flexibility index (Phi) is 8.56. The van der Waals surface area contributed by atoms with E-state index < -0.39 is 0 Å². The van der Waals surface area contributed by atoms with Crippen LogP contribution < -0.4 is 5.32 Å². The summed E-state index contributed by atoms with van der Waals surface area (Å²) in [5, 5.41) is 3.44. The zero-order chi connectivity index (χ0) is 20.6. The van der Waals surface area contributed by atoms with Crippen molar-refractivity contribution in [3.8, 4) is 0 Å². The van der Waals surface area contributed by atoms with Crippen molar-refractivity contribution in [1.29, 1.82) is 0 Å². The van der Waals surface area contributed by atoms with E-state index in [1.54, 1.807) is 0 Å². The molecule has 0 radical (unpaired) electrons. The summed E-state index contributed by atoms with van der Waals surface area (Å²) in [6, 6.07) is 0. The highest BCUT2D eigenvalue weighted by atomic mass is 16.5. The summed E-state index contributed by atoms with van der Waals surface area (Å²) in [5.74, 6) is 1.70. The van der Waals surface area contributed by atoms with Crippen LogP contribution in [0, 0.1) is 5.92 Å². The molecule has 166 valence electrons. The standard InChI is InChI=1S/C21H40N6O2/c1-4-22-21(23-16-18(2)17-25-9-7-24(3)8-10-25)27-13-11-26(12-14-27)20(28)19-6-5-15-29-19/h18-19H,4-17H2,1-3H3,(H,22,23). The highest BCUT2D eigenvalue weighted by Crippen LogP contribution is 2.16. The Morgan fingerprint density at radius 3 is 2.41 bits per heavy atom. The van der Waals surface area contributed by atoms with Crippen LogP contribution in [-0.4, -0.2) is 123 Å². The zero-order valence-electron chi connectivity index (χ0n) is 18.6. The van der Waals surface area contributed by atoms with Crippen LogP contribution in [0.1, 0.15) is 26.7 Å². The minimum absolute atomic E-state index is 0.171. The molecule has 3 heterocycles. The predicted octanol–water partition coefficient (Wildman–Crippen LogP) is 0.159. The maximum Gasteiger partial charge on any atom is 0.251 e. The number of carbonyl (C=O) groups is 1. The van der Waals surface area contributed by atoms with Crippen molar-refractivity contribution in [3.05, 3.63) is 0 Å². The van der Waals surface area contributed by atoms with Crippen LogP contribution in [-0.2, 0) is 9.53 Å². The first-order valence-electron chi connectivity index (χ1n) is 11.4. The fourth-order valence-electron chi connectivity index (χ4n) is 4.31. The van der Waals surface area contributed by atoms with Crippen molar-refractivity contribution in [2.75, 3.05) is 85.6 Å². The van der Waals surface area contributed by atoms with E-state index in [-0.39, 0.29) is 12.0 Å². The number of hydrogen-bond donors (Lipinski definition) is 1. The highest BCUT2D eigenvalue weighted by Gasteiger charge is 2.31. The molecular weight excluding hydrogens is 368 g/mol. The summed E-state index contributed by atoms with van der Waals surface area (Å²) in [5.41, 5.74) is 0. The molecule has 3 rings (SSSR count). The van der Waals surface area contributed by atoms with E-state index in [2.05, 4.69) is 40.9 Å². The Balaban J connectivity index is 1.45. The van der Waals surface area contributed by atoms with Crippen LogP contribution in [0.25, 0.3) is 0 Å². The van der Waals surface area contributed by atoms with Gasteiger partial charge in [-0.15, -0.1) is 0 Å². The first kappa shape index (κ1) is 22.3. The van der Waals surface area contributed by atoms with Gasteiger partial charge in [0, 0.05) is 78.6 Å². The molecule has 3 aliphatic heterocycles. The smallest absolute Gasteiger partial charge is 0.251 e. The first-order valence-corrected chi connectivity index (χ1v) is 11.4. The van der Waals surface area contributed by atoms with Crippen molar-refractivity contribution in [2.24, 2.45) is 10.9 Å². The molecule has 29 heavy (non-hydrogen) atoms. The van der Waals surface area contributed by atoms with Gasteiger partial charge in [0.2, 0.25) is 0 Å². The second-order valence-electron chi connectivity index (χ2n) is 8.72. The lowest BCUT2D eigenvalue weighted by molar-refractivity contribution is -0.142. The molecule has 1 N–H and O–H groups in total. The number of likely N-dealkylation sites (N-methyl/N-ethyl adjacent to an activating group) is 1. The average molecular weight is 409 g/mol. The lowest BCUT2D eigenvalue weighted by atomic mass is 10.1. The molecule has 1 amide bonds. The minimum atomic E-state index is -0.209. The lowest BCUT2D eigenvalue weighted by Gasteiger charge is -2.37. The minimum Gasteiger partial charge on any atom is -0.368 e. The van der Waals surface area contributed by atoms with Gasteiger partial charge in [-0.2, -0.15) is 0 Å². The van der Waals surface area contributed by atoms with Crippen molar-refractivity contribution in [2.45, 2.75) is 32.8 Å². The van der Waals surface area contributed by atoms with Gasteiger partial charge in [0.25, 0.3) is 5.91 Å². The van der Waals surface area contributed by atoms with Crippen LogP contribution in [0.15, 0.2) is 4.99 Å². The van der Waals surface area contributed by atoms with Gasteiger partial charge in [0.1, 0.15) is 6.10 Å². The Morgan fingerprint density at radius 1 is 1.10 bits per heavy atom. The average Bonchev–Trinajstić information content (AvgIpc) is 3.27. The summed E-state index contributed by atoms with van der Waals surface area (Å²) in [7, 11) is 2.20. The molecule has 2 unspecified atom stereocenters. The lowest BCUT2D eigenvalue weighted by Crippen LogP contribution is -2.55. The van der Waals surface area contributed by atoms with Gasteiger partial charge < -0.3 is 29.7 Å². The Morgan fingerprint density at radius 2 is 1.79 bits per heavy atom. The largest absolute Gasteiger partial charge is 0.368 e. The maximum atomic E-state index is 12.6. The van der Waals surface area contributed by atoms with Crippen LogP contribution in [0.2, 0.25) is 0 Å². The summed E-state index contributed by atoms with van der Waals surface area (Å²) in [4.78, 5) is 26.7. The van der Waals surface area contributed by atoms with Gasteiger partial charge in [-0.1, -0.05) is 6.92 Å². The SMILES string of the molecule is CCNC(=NCC(C)CN1CCN(C)CC1)N1CCN(C(=O)C2CCCO2)CC1. The number of rotatable bonds is 6. The third kappa shape index (κ3) is 6.55. The number of ether oxygens (including phenoxy) is 1. The van der Waals surface area contributed by atoms with E-state index in [4.69, 9.17) is 9.73 Å². The van der Waals surface area contributed by atoms with Crippen LogP contribution in [0.5, 0.6) is 0 Å². The normalized spacial score (nSPS) is 26.0. The van der Waals surface area contributed by atoms with Gasteiger partial charge in [-0.3, -0.25) is 9.79 Å². The number of amides is 1. The zero-order valence-corrected chi connectivity index (χ0v) is 18.6. The number of nitrogens with one attached hydrogen (secondary N) is 1. The second-order valence-corrected chi connectivity index (χ2v) is 8.72. The summed E-state index contributed by atoms with van der Waals surface area (Å²) in [6.07, 6.45) is 1.66.